The number of benzene rings is 1. The largest absolute Gasteiger partial charge is 0.509 e. The third-order valence-corrected chi connectivity index (χ3v) is 10.1. The van der Waals surface area contributed by atoms with Crippen LogP contribution in [0, 0.1) is 60.8 Å². The maximum absolute atomic E-state index is 14.7. The van der Waals surface area contributed by atoms with Crippen molar-refractivity contribution in [3.63, 3.8) is 0 Å². The van der Waals surface area contributed by atoms with Gasteiger partial charge in [0, 0.05) is 68.2 Å². The number of aliphatic hydroxyl groups is 4. The van der Waals surface area contributed by atoms with Gasteiger partial charge in [-0.15, -0.1) is 0 Å². The van der Waals surface area contributed by atoms with Crippen LogP contribution >= 0.6 is 0 Å². The predicted octanol–water partition coefficient (Wildman–Crippen LogP) is 1.69. The Morgan fingerprint density at radius 1 is 1.07 bits per heavy atom. The van der Waals surface area contributed by atoms with Crippen molar-refractivity contribution in [3.05, 3.63) is 47.0 Å². The Labute approximate surface area is 280 Å². The van der Waals surface area contributed by atoms with Crippen LogP contribution in [-0.4, -0.2) is 93.3 Å². The van der Waals surface area contributed by atoms with E-state index in [1.165, 1.54) is 19.1 Å². The van der Waals surface area contributed by atoms with Crippen LogP contribution in [0.2, 0.25) is 0 Å². The SMILES string of the molecule is CCOC(=O)O[C@H]1C(=O)[C@@]2(C)C([C@H](OC(=O)c3ccccc3)[C@]3(O)C[C@H](O)C(C)=C1C3(C)C)[C@]1(O)CO[C@@H]1C[C@@H]2O.[Ac]. The zero-order valence-electron chi connectivity index (χ0n) is 24.4. The first-order valence-corrected chi connectivity index (χ1v) is 13.9. The first-order valence-electron chi connectivity index (χ1n) is 13.9. The van der Waals surface area contributed by atoms with Gasteiger partial charge in [0.05, 0.1) is 42.5 Å². The molecule has 1 heterocycles. The molecule has 1 radical (unpaired) electrons. The normalized spacial score (nSPS) is 40.2. The smallest absolute Gasteiger partial charge is 0.455 e. The Kier molecular flexibility index (Phi) is 9.19. The average Bonchev–Trinajstić information content (AvgIpc) is 2.92. The van der Waals surface area contributed by atoms with E-state index < -0.39 is 76.4 Å². The van der Waals surface area contributed by atoms with E-state index in [2.05, 4.69) is 0 Å². The third kappa shape index (κ3) is 4.72. The van der Waals surface area contributed by atoms with E-state index in [1.807, 2.05) is 0 Å². The van der Waals surface area contributed by atoms with Crippen LogP contribution < -0.4 is 0 Å². The fourth-order valence-corrected chi connectivity index (χ4v) is 7.59. The fourth-order valence-electron chi connectivity index (χ4n) is 7.59. The van der Waals surface area contributed by atoms with Gasteiger partial charge < -0.3 is 39.4 Å². The summed E-state index contributed by atoms with van der Waals surface area (Å²) in [6.07, 6.45) is -8.55. The molecule has 227 valence electrons. The summed E-state index contributed by atoms with van der Waals surface area (Å²) in [5.74, 6) is -3.01. The predicted molar refractivity (Wildman–Crippen MR) is 142 cm³/mol. The quantitative estimate of drug-likeness (QED) is 0.259. The molecule has 0 aromatic heterocycles. The Bertz CT molecular complexity index is 1280. The summed E-state index contributed by atoms with van der Waals surface area (Å²) in [4.78, 5) is 40.9. The second kappa shape index (κ2) is 11.5. The van der Waals surface area contributed by atoms with Gasteiger partial charge in [0.1, 0.15) is 17.3 Å². The molecule has 4 N–H and O–H groups in total. The summed E-state index contributed by atoms with van der Waals surface area (Å²) in [6, 6.07) is 8.05. The first kappa shape index (κ1) is 33.5. The van der Waals surface area contributed by atoms with E-state index in [1.54, 1.807) is 45.9 Å². The second-order valence-electron chi connectivity index (χ2n) is 12.4. The molecule has 12 heteroatoms. The van der Waals surface area contributed by atoms with E-state index in [9.17, 15) is 34.8 Å². The van der Waals surface area contributed by atoms with Crippen molar-refractivity contribution in [2.75, 3.05) is 13.2 Å². The number of fused-ring (bicyclic) bond motifs is 5. The van der Waals surface area contributed by atoms with Crippen LogP contribution in [0.25, 0.3) is 0 Å². The van der Waals surface area contributed by atoms with Gasteiger partial charge in [-0.05, 0) is 44.1 Å². The summed E-state index contributed by atoms with van der Waals surface area (Å²) in [5.41, 5.74) is -6.68. The summed E-state index contributed by atoms with van der Waals surface area (Å²) < 4.78 is 22.3. The minimum absolute atomic E-state index is 0. The molecular formula is C30H38AcO11. The number of hydrogen-bond donors (Lipinski definition) is 4. The van der Waals surface area contributed by atoms with Crippen molar-refractivity contribution in [1.29, 1.82) is 0 Å². The maximum atomic E-state index is 14.7. The van der Waals surface area contributed by atoms with E-state index in [0.29, 0.717) is 5.57 Å². The van der Waals surface area contributed by atoms with Gasteiger partial charge in [-0.3, -0.25) is 4.79 Å². The molecule has 3 aliphatic carbocycles. The van der Waals surface area contributed by atoms with Crippen molar-refractivity contribution in [2.24, 2.45) is 16.7 Å². The Morgan fingerprint density at radius 2 is 1.71 bits per heavy atom. The van der Waals surface area contributed by atoms with E-state index in [0.717, 1.165) is 0 Å². The monoisotopic (exact) mass is 801 g/mol. The molecule has 42 heavy (non-hydrogen) atoms. The number of rotatable bonds is 4. The molecule has 1 aliphatic heterocycles. The molecule has 1 saturated heterocycles. The number of ketones is 1. The number of carbonyl (C=O) groups is 3. The van der Waals surface area contributed by atoms with Crippen LogP contribution in [0.4, 0.5) is 4.79 Å². The third-order valence-electron chi connectivity index (χ3n) is 10.1. The minimum Gasteiger partial charge on any atom is -0.455 e. The van der Waals surface area contributed by atoms with Gasteiger partial charge in [0.2, 0.25) is 0 Å². The zero-order chi connectivity index (χ0) is 30.1. The number of Topliss-reactive ketones (excluding diaryl/α,β-unsaturated/α-hetero) is 1. The first-order chi connectivity index (χ1) is 19.1. The van der Waals surface area contributed by atoms with E-state index in [-0.39, 0.29) is 81.3 Å². The molecule has 2 bridgehead atoms. The number of hydrogen-bond acceptors (Lipinski definition) is 11. The second-order valence-corrected chi connectivity index (χ2v) is 12.4. The Balaban J connectivity index is 0.00000405. The van der Waals surface area contributed by atoms with Crippen molar-refractivity contribution < 1.29 is 97.8 Å². The molecule has 4 aliphatic rings. The van der Waals surface area contributed by atoms with Gasteiger partial charge in [-0.1, -0.05) is 32.0 Å². The summed E-state index contributed by atoms with van der Waals surface area (Å²) in [5, 5.41) is 47.5. The van der Waals surface area contributed by atoms with Gasteiger partial charge in [0.15, 0.2) is 11.9 Å². The standard InChI is InChI=1S/C30H38O11.Ac/c1-6-38-26(35)40-21-20-15(2)17(31)13-30(37,27(20,3)4)24(41-25(34)16-10-8-7-9-11-16)22-28(5,23(21)33)18(32)12-19-29(22,36)14-39-19;/h7-11,17-19,21-22,24,31-32,36-37H,6,12-14H2,1-5H3;/t17-,18-,19+,21+,22?,24-,28+,29-,30+;/m0./s1. The molecule has 1 unspecified atom stereocenters. The zero-order valence-corrected chi connectivity index (χ0v) is 29.1. The average molecular weight is 802 g/mol. The van der Waals surface area contributed by atoms with E-state index in [4.69, 9.17) is 18.9 Å². The van der Waals surface area contributed by atoms with Crippen LogP contribution in [0.15, 0.2) is 41.5 Å². The molecule has 3 fully saturated rings. The number of aliphatic hydroxyl groups excluding tert-OH is 2. The molecular weight excluding hydrogens is 763 g/mol. The summed E-state index contributed by atoms with van der Waals surface area (Å²) in [6.45, 7) is 7.50. The van der Waals surface area contributed by atoms with Gasteiger partial charge in [-0.2, -0.15) is 0 Å². The van der Waals surface area contributed by atoms with Gasteiger partial charge in [0.25, 0.3) is 0 Å². The van der Waals surface area contributed by atoms with Crippen molar-refractivity contribution in [2.45, 2.75) is 89.2 Å². The maximum Gasteiger partial charge on any atom is 0.509 e. The molecule has 1 aromatic carbocycles. The topological polar surface area (TPSA) is 169 Å². The molecule has 0 spiro atoms. The van der Waals surface area contributed by atoms with Gasteiger partial charge >= 0.3 is 12.1 Å². The fraction of sp³-hybridized carbons (Fsp3) is 0.633. The molecule has 2 saturated carbocycles. The van der Waals surface area contributed by atoms with Crippen LogP contribution in [-0.2, 0) is 23.7 Å². The van der Waals surface area contributed by atoms with Crippen LogP contribution in [0.3, 0.4) is 0 Å². The number of ether oxygens (including phenoxy) is 4. The van der Waals surface area contributed by atoms with Crippen LogP contribution in [0.5, 0.6) is 0 Å². The molecule has 9 atom stereocenters. The summed E-state index contributed by atoms with van der Waals surface area (Å²) >= 11 is 0. The van der Waals surface area contributed by atoms with Crippen LogP contribution in [0.1, 0.15) is 57.8 Å². The minimum atomic E-state index is -2.11. The van der Waals surface area contributed by atoms with Crippen molar-refractivity contribution in [3.8, 4) is 0 Å². The number of carbonyl (C=O) groups excluding carboxylic acids is 3. The van der Waals surface area contributed by atoms with Gasteiger partial charge in [-0.25, -0.2) is 9.59 Å². The Morgan fingerprint density at radius 3 is 2.29 bits per heavy atom. The summed E-state index contributed by atoms with van der Waals surface area (Å²) in [7, 11) is 0. The van der Waals surface area contributed by atoms with Crippen molar-refractivity contribution >= 4 is 17.9 Å². The van der Waals surface area contributed by atoms with E-state index >= 15 is 0 Å². The number of esters is 1. The Hall–Kier alpha value is -1.39. The van der Waals surface area contributed by atoms with Crippen molar-refractivity contribution in [1.82, 2.24) is 0 Å². The molecule has 0 amide bonds. The molecule has 1 aromatic rings. The molecule has 5 rings (SSSR count). The molecule has 11 nitrogen and oxygen atoms in total.